The molecule has 154 valence electrons. The summed E-state index contributed by atoms with van der Waals surface area (Å²) in [6, 6.07) is 18.3. The normalized spacial score (nSPS) is 19.2. The molecule has 1 aliphatic rings. The number of hydrogen-bond donors (Lipinski definition) is 2. The third-order valence-corrected chi connectivity index (χ3v) is 5.59. The molecule has 0 atom stereocenters. The molecule has 0 spiro atoms. The average Bonchev–Trinajstić information content (AvgIpc) is 2.76. The van der Waals surface area contributed by atoms with Gasteiger partial charge in [-0.05, 0) is 29.3 Å². The van der Waals surface area contributed by atoms with Gasteiger partial charge in [0.1, 0.15) is 31.9 Å². The number of amides is 1. The molecule has 1 saturated heterocycles. The van der Waals surface area contributed by atoms with Crippen molar-refractivity contribution in [1.29, 1.82) is 0 Å². The zero-order valence-electron chi connectivity index (χ0n) is 17.6. The fourth-order valence-electron chi connectivity index (χ4n) is 3.71. The highest BCUT2D eigenvalue weighted by molar-refractivity contribution is 5.76. The Kier molecular flexibility index (Phi) is 7.85. The van der Waals surface area contributed by atoms with Crippen LogP contribution in [0.1, 0.15) is 11.1 Å². The van der Waals surface area contributed by atoms with Gasteiger partial charge in [-0.15, -0.1) is 0 Å². The van der Waals surface area contributed by atoms with Gasteiger partial charge in [0.05, 0.1) is 13.7 Å². The van der Waals surface area contributed by atoms with Crippen LogP contribution >= 0.6 is 0 Å². The van der Waals surface area contributed by atoms with E-state index < -0.39 is 0 Å². The Labute approximate surface area is 174 Å². The molecule has 29 heavy (non-hydrogen) atoms. The maximum absolute atomic E-state index is 12.6. The van der Waals surface area contributed by atoms with Gasteiger partial charge >= 0.3 is 0 Å². The molecule has 2 aromatic carbocycles. The fraction of sp³-hybridized carbons (Fsp3) is 0.375. The molecule has 1 aliphatic heterocycles. The first-order valence-electron chi connectivity index (χ1n) is 10.4. The Hall–Kier alpha value is -2.63. The number of quaternary nitrogens is 2. The number of rotatable bonds is 8. The van der Waals surface area contributed by atoms with Crippen molar-refractivity contribution in [1.82, 2.24) is 4.90 Å². The summed E-state index contributed by atoms with van der Waals surface area (Å²) in [7, 11) is 3.55. The summed E-state index contributed by atoms with van der Waals surface area (Å²) < 4.78 is 5.19. The van der Waals surface area contributed by atoms with Gasteiger partial charge in [-0.3, -0.25) is 4.79 Å². The van der Waals surface area contributed by atoms with Crippen LogP contribution in [-0.4, -0.2) is 64.2 Å². The van der Waals surface area contributed by atoms with Crippen LogP contribution in [-0.2, 0) is 11.3 Å². The van der Waals surface area contributed by atoms with Gasteiger partial charge in [0.15, 0.2) is 6.54 Å². The zero-order valence-corrected chi connectivity index (χ0v) is 17.6. The van der Waals surface area contributed by atoms with Gasteiger partial charge in [0.2, 0.25) is 0 Å². The minimum Gasteiger partial charge on any atom is -0.497 e. The highest BCUT2D eigenvalue weighted by Gasteiger charge is 2.25. The molecule has 1 fully saturated rings. The molecule has 0 bridgehead atoms. The van der Waals surface area contributed by atoms with Crippen LogP contribution in [0.2, 0.25) is 0 Å². The van der Waals surface area contributed by atoms with Crippen molar-refractivity contribution in [3.8, 4) is 5.75 Å². The highest BCUT2D eigenvalue weighted by atomic mass is 16.5. The summed E-state index contributed by atoms with van der Waals surface area (Å²) in [6.45, 7) is 6.60. The smallest absolute Gasteiger partial charge is 0.277 e. The van der Waals surface area contributed by atoms with Gasteiger partial charge in [0.25, 0.3) is 5.91 Å². The van der Waals surface area contributed by atoms with E-state index in [0.717, 1.165) is 44.0 Å². The maximum Gasteiger partial charge on any atom is 0.277 e. The third-order valence-electron chi connectivity index (χ3n) is 5.59. The molecule has 0 radical (unpaired) electrons. The largest absolute Gasteiger partial charge is 0.497 e. The molecule has 1 amide bonds. The Balaban J connectivity index is 1.38. The number of piperazine rings is 1. The first-order chi connectivity index (χ1) is 14.1. The number of hydrogen-bond acceptors (Lipinski definition) is 2. The van der Waals surface area contributed by atoms with Crippen molar-refractivity contribution in [2.45, 2.75) is 6.54 Å². The summed E-state index contributed by atoms with van der Waals surface area (Å²) in [5.41, 5.74) is 2.37. The fourth-order valence-corrected chi connectivity index (χ4v) is 3.71. The second kappa shape index (κ2) is 10.8. The van der Waals surface area contributed by atoms with Crippen molar-refractivity contribution < 1.29 is 19.3 Å². The monoisotopic (exact) mass is 395 g/mol. The lowest BCUT2D eigenvalue weighted by Gasteiger charge is -2.29. The van der Waals surface area contributed by atoms with Gasteiger partial charge in [-0.2, -0.15) is 0 Å². The maximum atomic E-state index is 12.6. The van der Waals surface area contributed by atoms with Crippen molar-refractivity contribution >= 4 is 12.0 Å². The minimum atomic E-state index is 0.211. The second-order valence-corrected chi connectivity index (χ2v) is 7.79. The number of carbonyl (C=O) groups is 1. The molecule has 0 saturated carbocycles. The lowest BCUT2D eigenvalue weighted by Crippen LogP contribution is -3.28. The van der Waals surface area contributed by atoms with E-state index in [1.807, 2.05) is 42.3 Å². The summed E-state index contributed by atoms with van der Waals surface area (Å²) in [5.74, 6) is 1.05. The summed E-state index contributed by atoms with van der Waals surface area (Å²) in [6.07, 6.45) is 4.47. The number of nitrogens with zero attached hydrogens (tertiary/aromatic N) is 1. The van der Waals surface area contributed by atoms with Crippen molar-refractivity contribution in [2.24, 2.45) is 0 Å². The number of nitrogens with one attached hydrogen (secondary N) is 2. The van der Waals surface area contributed by atoms with Crippen LogP contribution in [0.4, 0.5) is 0 Å². The summed E-state index contributed by atoms with van der Waals surface area (Å²) in [5, 5.41) is 0. The average molecular weight is 396 g/mol. The molecular weight excluding hydrogens is 362 g/mol. The van der Waals surface area contributed by atoms with E-state index in [1.165, 1.54) is 10.5 Å². The van der Waals surface area contributed by atoms with E-state index in [0.29, 0.717) is 13.1 Å². The lowest BCUT2D eigenvalue weighted by atomic mass is 10.2. The Bertz CT molecular complexity index is 782. The van der Waals surface area contributed by atoms with E-state index in [-0.39, 0.29) is 5.91 Å². The first kappa shape index (κ1) is 21.1. The van der Waals surface area contributed by atoms with Crippen LogP contribution in [0, 0.1) is 0 Å². The van der Waals surface area contributed by atoms with E-state index >= 15 is 0 Å². The molecule has 0 unspecified atom stereocenters. The summed E-state index contributed by atoms with van der Waals surface area (Å²) >= 11 is 0. The topological polar surface area (TPSA) is 38.4 Å². The van der Waals surface area contributed by atoms with E-state index in [4.69, 9.17) is 4.74 Å². The van der Waals surface area contributed by atoms with Crippen LogP contribution < -0.4 is 14.5 Å². The van der Waals surface area contributed by atoms with Gasteiger partial charge < -0.3 is 19.4 Å². The SMILES string of the molecule is COc1ccc(CN(C)C(=O)C[NH+]2CC[NH+](C/C=C/c3ccccc3)CC2)cc1. The number of ether oxygens (including phenoxy) is 1. The van der Waals surface area contributed by atoms with Crippen LogP contribution in [0.3, 0.4) is 0 Å². The molecule has 0 aliphatic carbocycles. The molecule has 0 aromatic heterocycles. The molecule has 3 rings (SSSR count). The van der Waals surface area contributed by atoms with Crippen LogP contribution in [0.25, 0.3) is 6.08 Å². The Morgan fingerprint density at radius 3 is 2.31 bits per heavy atom. The van der Waals surface area contributed by atoms with Crippen molar-refractivity contribution in [3.05, 3.63) is 71.8 Å². The minimum absolute atomic E-state index is 0.211. The molecule has 2 aromatic rings. The molecule has 5 nitrogen and oxygen atoms in total. The van der Waals surface area contributed by atoms with E-state index in [1.54, 1.807) is 12.0 Å². The predicted molar refractivity (Wildman–Crippen MR) is 116 cm³/mol. The van der Waals surface area contributed by atoms with Crippen LogP contribution in [0.5, 0.6) is 5.75 Å². The van der Waals surface area contributed by atoms with Gasteiger partial charge in [-0.25, -0.2) is 0 Å². The zero-order chi connectivity index (χ0) is 20.5. The van der Waals surface area contributed by atoms with E-state index in [2.05, 4.69) is 36.4 Å². The van der Waals surface area contributed by atoms with Crippen molar-refractivity contribution in [2.75, 3.05) is 53.4 Å². The molecule has 1 heterocycles. The highest BCUT2D eigenvalue weighted by Crippen LogP contribution is 2.12. The molecule has 2 N–H and O–H groups in total. The Morgan fingerprint density at radius 2 is 1.66 bits per heavy atom. The quantitative estimate of drug-likeness (QED) is 0.668. The van der Waals surface area contributed by atoms with Crippen molar-refractivity contribution in [3.63, 3.8) is 0 Å². The standard InChI is InChI=1S/C24H31N3O2/c1-25(19-22-10-12-23(29-2)13-11-22)24(28)20-27-17-15-26(16-18-27)14-6-9-21-7-4-3-5-8-21/h3-13H,14-20H2,1-2H3/p+2/b9-6+. The molecule has 5 heteroatoms. The molecular formula is C24H33N3O2+2. The summed E-state index contributed by atoms with van der Waals surface area (Å²) in [4.78, 5) is 17.4. The Morgan fingerprint density at radius 1 is 1.00 bits per heavy atom. The predicted octanol–water partition coefficient (Wildman–Crippen LogP) is 0.150. The number of methoxy groups -OCH3 is 1. The van der Waals surface area contributed by atoms with Crippen LogP contribution in [0.15, 0.2) is 60.7 Å². The number of carbonyl (C=O) groups excluding carboxylic acids is 1. The lowest BCUT2D eigenvalue weighted by molar-refractivity contribution is -1.01. The third kappa shape index (κ3) is 6.73. The second-order valence-electron chi connectivity index (χ2n) is 7.79. The van der Waals surface area contributed by atoms with Gasteiger partial charge in [-0.1, -0.05) is 48.5 Å². The number of benzene rings is 2. The first-order valence-corrected chi connectivity index (χ1v) is 10.4. The van der Waals surface area contributed by atoms with Gasteiger partial charge in [0, 0.05) is 13.6 Å². The number of likely N-dealkylation sites (N-methyl/N-ethyl adjacent to an activating group) is 1. The van der Waals surface area contributed by atoms with E-state index in [9.17, 15) is 4.79 Å².